The molecule has 0 saturated heterocycles. The van der Waals surface area contributed by atoms with Gasteiger partial charge in [-0.2, -0.15) is 10.2 Å². The summed E-state index contributed by atoms with van der Waals surface area (Å²) in [6.07, 6.45) is 2.80. The van der Waals surface area contributed by atoms with Crippen LogP contribution in [0.1, 0.15) is 22.3 Å². The van der Waals surface area contributed by atoms with Gasteiger partial charge in [-0.3, -0.25) is 14.0 Å². The quantitative estimate of drug-likeness (QED) is 0.348. The summed E-state index contributed by atoms with van der Waals surface area (Å²) in [5.74, 6) is -0.0718. The van der Waals surface area contributed by atoms with E-state index in [1.807, 2.05) is 68.4 Å². The molecule has 4 rings (SSSR count). The maximum absolute atomic E-state index is 13.3. The summed E-state index contributed by atoms with van der Waals surface area (Å²) in [4.78, 5) is 30.5. The third-order valence-corrected chi connectivity index (χ3v) is 5.09. The highest BCUT2D eigenvalue weighted by molar-refractivity contribution is 6.01. The van der Waals surface area contributed by atoms with Crippen LogP contribution in [0, 0.1) is 25.2 Å². The summed E-state index contributed by atoms with van der Waals surface area (Å²) >= 11 is 0. The first kappa shape index (κ1) is 22.5. The molecule has 2 aromatic heterocycles. The van der Waals surface area contributed by atoms with Gasteiger partial charge in [-0.15, -0.1) is 0 Å². The number of ether oxygens (including phenoxy) is 1. The lowest BCUT2D eigenvalue weighted by Gasteiger charge is -2.11. The van der Waals surface area contributed by atoms with E-state index < -0.39 is 11.5 Å². The number of nitriles is 1. The molecule has 2 heterocycles. The van der Waals surface area contributed by atoms with Crippen LogP contribution in [-0.4, -0.2) is 15.3 Å². The van der Waals surface area contributed by atoms with Crippen molar-refractivity contribution >= 4 is 17.6 Å². The molecule has 0 radical (unpaired) electrons. The Kier molecular flexibility index (Phi) is 6.51. The van der Waals surface area contributed by atoms with E-state index in [9.17, 15) is 14.9 Å². The molecule has 168 valence electrons. The molecule has 7 heteroatoms. The van der Waals surface area contributed by atoms with E-state index in [1.54, 1.807) is 24.4 Å². The number of rotatable bonds is 6. The van der Waals surface area contributed by atoms with E-state index in [1.165, 1.54) is 10.5 Å². The second-order valence-corrected chi connectivity index (χ2v) is 7.83. The molecule has 0 aliphatic rings. The average molecular weight is 450 g/mol. The molecule has 0 spiro atoms. The summed E-state index contributed by atoms with van der Waals surface area (Å²) in [7, 11) is 0. The lowest BCUT2D eigenvalue weighted by Crippen LogP contribution is -2.25. The van der Waals surface area contributed by atoms with Crippen LogP contribution in [0.15, 0.2) is 83.3 Å². The van der Waals surface area contributed by atoms with Crippen LogP contribution in [0.3, 0.4) is 0 Å². The number of aryl methyl sites for hydroxylation is 2. The zero-order valence-corrected chi connectivity index (χ0v) is 18.8. The van der Waals surface area contributed by atoms with Crippen molar-refractivity contribution in [2.75, 3.05) is 0 Å². The Balaban J connectivity index is 1.76. The molecule has 0 atom stereocenters. The molecule has 0 aliphatic heterocycles. The number of hydrogen-bond acceptors (Lipinski definition) is 5. The number of amides is 1. The van der Waals surface area contributed by atoms with Crippen LogP contribution in [0.25, 0.3) is 11.7 Å². The predicted octanol–water partition coefficient (Wildman–Crippen LogP) is 4.33. The maximum Gasteiger partial charge on any atom is 0.269 e. The van der Waals surface area contributed by atoms with Gasteiger partial charge in [0, 0.05) is 12.7 Å². The van der Waals surface area contributed by atoms with E-state index >= 15 is 0 Å². The van der Waals surface area contributed by atoms with Crippen molar-refractivity contribution in [1.82, 2.24) is 14.7 Å². The fourth-order valence-corrected chi connectivity index (χ4v) is 3.55. The van der Waals surface area contributed by atoms with Crippen LogP contribution >= 0.6 is 0 Å². The minimum Gasteiger partial charge on any atom is -0.438 e. The van der Waals surface area contributed by atoms with E-state index in [0.717, 1.165) is 16.7 Å². The van der Waals surface area contributed by atoms with Gasteiger partial charge < -0.3 is 10.1 Å². The molecule has 2 aromatic carbocycles. The standard InChI is InChI=1S/C27H22N4O3/c1-18-12-19(2)14-22(13-18)34-26-23(27(33)31-11-7-6-10-24(31)30-26)15-21(16-28)25(32)29-17-20-8-4-3-5-9-20/h3-15H,17H2,1-2H3,(H,29,32)/b21-15+. The Hall–Kier alpha value is -4.70. The number of hydrogen-bond donors (Lipinski definition) is 1. The van der Waals surface area contributed by atoms with Gasteiger partial charge in [-0.05, 0) is 60.9 Å². The zero-order chi connectivity index (χ0) is 24.1. The zero-order valence-electron chi connectivity index (χ0n) is 18.8. The smallest absolute Gasteiger partial charge is 0.269 e. The molecule has 7 nitrogen and oxygen atoms in total. The predicted molar refractivity (Wildman–Crippen MR) is 129 cm³/mol. The van der Waals surface area contributed by atoms with Gasteiger partial charge in [0.15, 0.2) is 0 Å². The van der Waals surface area contributed by atoms with Crippen LogP contribution < -0.4 is 15.6 Å². The second-order valence-electron chi connectivity index (χ2n) is 7.83. The Morgan fingerprint density at radius 1 is 1.09 bits per heavy atom. The van der Waals surface area contributed by atoms with E-state index in [2.05, 4.69) is 10.3 Å². The molecular weight excluding hydrogens is 428 g/mol. The summed E-state index contributed by atoms with van der Waals surface area (Å²) in [5.41, 5.74) is 2.58. The van der Waals surface area contributed by atoms with Gasteiger partial charge in [0.05, 0.1) is 0 Å². The minimum absolute atomic E-state index is 0.00858. The van der Waals surface area contributed by atoms with E-state index in [-0.39, 0.29) is 23.6 Å². The third-order valence-electron chi connectivity index (χ3n) is 5.09. The first-order valence-corrected chi connectivity index (χ1v) is 10.7. The molecule has 0 saturated carbocycles. The average Bonchev–Trinajstić information content (AvgIpc) is 2.82. The third kappa shape index (κ3) is 5.03. The Morgan fingerprint density at radius 2 is 1.79 bits per heavy atom. The van der Waals surface area contributed by atoms with Gasteiger partial charge in [-0.25, -0.2) is 0 Å². The Bertz CT molecular complexity index is 1480. The summed E-state index contributed by atoms with van der Waals surface area (Å²) in [6.45, 7) is 4.13. The summed E-state index contributed by atoms with van der Waals surface area (Å²) < 4.78 is 7.35. The van der Waals surface area contributed by atoms with Crippen LogP contribution in [0.2, 0.25) is 0 Å². The monoisotopic (exact) mass is 450 g/mol. The van der Waals surface area contributed by atoms with E-state index in [4.69, 9.17) is 4.74 Å². The van der Waals surface area contributed by atoms with Gasteiger partial charge >= 0.3 is 0 Å². The van der Waals surface area contributed by atoms with Gasteiger partial charge in [0.1, 0.15) is 28.6 Å². The number of carbonyl (C=O) groups excluding carboxylic acids is 1. The molecule has 0 fully saturated rings. The van der Waals surface area contributed by atoms with Crippen molar-refractivity contribution in [3.63, 3.8) is 0 Å². The van der Waals surface area contributed by atoms with Crippen molar-refractivity contribution in [1.29, 1.82) is 5.26 Å². The SMILES string of the molecule is Cc1cc(C)cc(Oc2nc3ccccn3c(=O)c2/C=C(\C#N)C(=O)NCc2ccccc2)c1. The number of pyridine rings is 1. The molecule has 0 bridgehead atoms. The first-order chi connectivity index (χ1) is 16.4. The molecule has 0 aliphatic carbocycles. The summed E-state index contributed by atoms with van der Waals surface area (Å²) in [6, 6.07) is 22.0. The highest BCUT2D eigenvalue weighted by Crippen LogP contribution is 2.26. The summed E-state index contributed by atoms with van der Waals surface area (Å²) in [5, 5.41) is 12.4. The molecule has 1 amide bonds. The molecular formula is C27H22N4O3. The van der Waals surface area contributed by atoms with Gasteiger partial charge in [-0.1, -0.05) is 42.5 Å². The van der Waals surface area contributed by atoms with Crippen molar-refractivity contribution in [2.24, 2.45) is 0 Å². The fraction of sp³-hybridized carbons (Fsp3) is 0.111. The lowest BCUT2D eigenvalue weighted by atomic mass is 10.1. The highest BCUT2D eigenvalue weighted by atomic mass is 16.5. The molecule has 1 N–H and O–H groups in total. The minimum atomic E-state index is -0.596. The topological polar surface area (TPSA) is 96.5 Å². The number of nitrogens with one attached hydrogen (secondary N) is 1. The van der Waals surface area contributed by atoms with Crippen LogP contribution in [0.5, 0.6) is 11.6 Å². The number of nitrogens with zero attached hydrogens (tertiary/aromatic N) is 3. The van der Waals surface area contributed by atoms with Crippen molar-refractivity contribution < 1.29 is 9.53 Å². The fourth-order valence-electron chi connectivity index (χ4n) is 3.55. The lowest BCUT2D eigenvalue weighted by molar-refractivity contribution is -0.117. The largest absolute Gasteiger partial charge is 0.438 e. The van der Waals surface area contributed by atoms with Crippen molar-refractivity contribution in [3.05, 3.63) is 111 Å². The Labute approximate surface area is 196 Å². The second kappa shape index (κ2) is 9.84. The Morgan fingerprint density at radius 3 is 2.50 bits per heavy atom. The van der Waals surface area contributed by atoms with Crippen LogP contribution in [-0.2, 0) is 11.3 Å². The normalized spacial score (nSPS) is 11.1. The number of benzene rings is 2. The number of aromatic nitrogens is 2. The molecule has 0 unspecified atom stereocenters. The highest BCUT2D eigenvalue weighted by Gasteiger charge is 2.17. The van der Waals surface area contributed by atoms with Crippen molar-refractivity contribution in [2.45, 2.75) is 20.4 Å². The van der Waals surface area contributed by atoms with Crippen LogP contribution in [0.4, 0.5) is 0 Å². The number of carbonyl (C=O) groups is 1. The van der Waals surface area contributed by atoms with Gasteiger partial charge in [0.25, 0.3) is 11.5 Å². The number of fused-ring (bicyclic) bond motifs is 1. The maximum atomic E-state index is 13.3. The molecule has 4 aromatic rings. The molecule has 34 heavy (non-hydrogen) atoms. The van der Waals surface area contributed by atoms with E-state index in [0.29, 0.717) is 11.4 Å². The van der Waals surface area contributed by atoms with Crippen molar-refractivity contribution in [3.8, 4) is 17.7 Å². The van der Waals surface area contributed by atoms with Gasteiger partial charge in [0.2, 0.25) is 5.88 Å². The first-order valence-electron chi connectivity index (χ1n) is 10.7.